The minimum atomic E-state index is -0.644. The largest absolute Gasteiger partial charge is 0.508 e. The van der Waals surface area contributed by atoms with Crippen LogP contribution in [0.15, 0.2) is 74.1 Å². The van der Waals surface area contributed by atoms with Crippen LogP contribution in [0, 0.1) is 0 Å². The van der Waals surface area contributed by atoms with Crippen LogP contribution in [0.25, 0.3) is 6.08 Å². The van der Waals surface area contributed by atoms with E-state index in [9.17, 15) is 14.7 Å². The highest BCUT2D eigenvalue weighted by Crippen LogP contribution is 2.31. The molecule has 0 saturated heterocycles. The molecule has 158 valence electrons. The van der Waals surface area contributed by atoms with E-state index in [2.05, 4.69) is 20.9 Å². The molecule has 0 aliphatic carbocycles. The van der Waals surface area contributed by atoms with Crippen molar-refractivity contribution in [1.82, 2.24) is 4.57 Å². The summed E-state index contributed by atoms with van der Waals surface area (Å²) in [5.41, 5.74) is 2.10. The summed E-state index contributed by atoms with van der Waals surface area (Å²) in [6.45, 7) is 3.72. The van der Waals surface area contributed by atoms with Crippen LogP contribution in [0.3, 0.4) is 0 Å². The first-order valence-corrected chi connectivity index (χ1v) is 11.2. The van der Waals surface area contributed by atoms with Gasteiger partial charge in [0.1, 0.15) is 5.75 Å². The summed E-state index contributed by atoms with van der Waals surface area (Å²) in [4.78, 5) is 31.3. The molecule has 0 bridgehead atoms. The quantitative estimate of drug-likeness (QED) is 0.559. The first kappa shape index (κ1) is 21.3. The Morgan fingerprint density at radius 2 is 2.03 bits per heavy atom. The molecule has 0 unspecified atom stereocenters. The zero-order valence-corrected chi connectivity index (χ0v) is 19.2. The van der Waals surface area contributed by atoms with Crippen LogP contribution >= 0.6 is 27.3 Å². The predicted octanol–water partition coefficient (Wildman–Crippen LogP) is 3.27. The molecule has 6 nitrogen and oxygen atoms in total. The summed E-state index contributed by atoms with van der Waals surface area (Å²) in [7, 11) is 0. The topological polar surface area (TPSA) is 80.9 Å². The molecule has 2 heterocycles. The molecule has 1 N–H and O–H groups in total. The number of fused-ring (bicyclic) bond motifs is 1. The molecule has 4 rings (SSSR count). The fraction of sp³-hybridized carbons (Fsp3) is 0.174. The summed E-state index contributed by atoms with van der Waals surface area (Å²) < 4.78 is 8.18. The maximum Gasteiger partial charge on any atom is 0.338 e. The van der Waals surface area contributed by atoms with Gasteiger partial charge in [-0.05, 0) is 55.3 Å². The Kier molecular flexibility index (Phi) is 5.93. The molecule has 0 amide bonds. The van der Waals surface area contributed by atoms with Gasteiger partial charge in [-0.3, -0.25) is 9.36 Å². The lowest BCUT2D eigenvalue weighted by Gasteiger charge is -2.24. The van der Waals surface area contributed by atoms with E-state index in [1.807, 2.05) is 24.3 Å². The summed E-state index contributed by atoms with van der Waals surface area (Å²) >= 11 is 4.68. The van der Waals surface area contributed by atoms with Gasteiger partial charge in [-0.1, -0.05) is 51.5 Å². The Morgan fingerprint density at radius 3 is 2.71 bits per heavy atom. The maximum absolute atomic E-state index is 13.4. The smallest absolute Gasteiger partial charge is 0.338 e. The normalized spacial score (nSPS) is 16.1. The number of aromatic hydroxyl groups is 1. The average molecular weight is 499 g/mol. The van der Waals surface area contributed by atoms with Crippen LogP contribution in [0.4, 0.5) is 0 Å². The lowest BCUT2D eigenvalue weighted by atomic mass is 9.96. The molecule has 1 aliphatic rings. The maximum atomic E-state index is 13.4. The van der Waals surface area contributed by atoms with Gasteiger partial charge in [0.15, 0.2) is 4.80 Å². The van der Waals surface area contributed by atoms with Crippen molar-refractivity contribution in [2.75, 3.05) is 6.61 Å². The van der Waals surface area contributed by atoms with E-state index in [1.165, 1.54) is 11.3 Å². The highest BCUT2D eigenvalue weighted by Gasteiger charge is 2.33. The van der Waals surface area contributed by atoms with E-state index in [0.29, 0.717) is 26.2 Å². The van der Waals surface area contributed by atoms with Crippen LogP contribution in [0.2, 0.25) is 0 Å². The number of hydrogen-bond donors (Lipinski definition) is 1. The van der Waals surface area contributed by atoms with Gasteiger partial charge in [-0.2, -0.15) is 0 Å². The molecule has 2 aromatic carbocycles. The summed E-state index contributed by atoms with van der Waals surface area (Å²) in [6, 6.07) is 13.5. The summed E-state index contributed by atoms with van der Waals surface area (Å²) in [5.74, 6) is -0.367. The van der Waals surface area contributed by atoms with Crippen molar-refractivity contribution in [3.63, 3.8) is 0 Å². The van der Waals surface area contributed by atoms with Gasteiger partial charge >= 0.3 is 5.97 Å². The summed E-state index contributed by atoms with van der Waals surface area (Å²) in [6.07, 6.45) is 1.71. The van der Waals surface area contributed by atoms with Crippen molar-refractivity contribution in [3.05, 3.63) is 95.1 Å². The number of esters is 1. The highest BCUT2D eigenvalue weighted by atomic mass is 79.9. The van der Waals surface area contributed by atoms with Crippen molar-refractivity contribution >= 4 is 39.3 Å². The van der Waals surface area contributed by atoms with Crippen LogP contribution in [-0.2, 0) is 9.53 Å². The molecule has 0 fully saturated rings. The van der Waals surface area contributed by atoms with Crippen molar-refractivity contribution < 1.29 is 14.6 Å². The molecule has 0 radical (unpaired) electrons. The van der Waals surface area contributed by atoms with Crippen molar-refractivity contribution in [2.45, 2.75) is 19.9 Å². The third-order valence-electron chi connectivity index (χ3n) is 4.87. The van der Waals surface area contributed by atoms with E-state index in [-0.39, 0.29) is 17.9 Å². The van der Waals surface area contributed by atoms with Crippen molar-refractivity contribution in [3.8, 4) is 5.75 Å². The molecule has 0 saturated carbocycles. The van der Waals surface area contributed by atoms with Gasteiger partial charge in [0, 0.05) is 4.47 Å². The molecule has 31 heavy (non-hydrogen) atoms. The number of aromatic nitrogens is 1. The average Bonchev–Trinajstić information content (AvgIpc) is 3.02. The molecule has 1 aromatic heterocycles. The number of benzene rings is 2. The number of phenols is 1. The first-order valence-electron chi connectivity index (χ1n) is 9.63. The number of halogens is 1. The minimum Gasteiger partial charge on any atom is -0.508 e. The molecular formula is C23H19BrN2O4S. The second-order valence-corrected chi connectivity index (χ2v) is 8.87. The number of allylic oxidation sites excluding steroid dienone is 1. The number of thiazole rings is 1. The number of ether oxygens (including phenoxy) is 1. The Balaban J connectivity index is 1.96. The fourth-order valence-corrected chi connectivity index (χ4v) is 4.83. The summed E-state index contributed by atoms with van der Waals surface area (Å²) in [5, 5.41) is 9.74. The van der Waals surface area contributed by atoms with Gasteiger partial charge in [0.2, 0.25) is 0 Å². The monoisotopic (exact) mass is 498 g/mol. The second-order valence-electron chi connectivity index (χ2n) is 6.95. The third-order valence-corrected chi connectivity index (χ3v) is 6.38. The van der Waals surface area contributed by atoms with E-state index in [1.54, 1.807) is 48.8 Å². The lowest BCUT2D eigenvalue weighted by Crippen LogP contribution is -2.39. The Labute approximate surface area is 190 Å². The predicted molar refractivity (Wildman–Crippen MR) is 123 cm³/mol. The van der Waals surface area contributed by atoms with Crippen LogP contribution in [-0.4, -0.2) is 22.2 Å². The van der Waals surface area contributed by atoms with Gasteiger partial charge in [0.05, 0.1) is 28.5 Å². The van der Waals surface area contributed by atoms with Gasteiger partial charge < -0.3 is 9.84 Å². The standard InChI is InChI=1S/C23H19BrN2O4S/c1-3-30-22(29)19-13(2)25-23-26(20(19)15-7-9-16(24)10-8-15)21(28)18(31-23)12-14-5-4-6-17(27)11-14/h4-12,20,27H,3H2,1-2H3/b18-12-/t20-/m0/s1. The number of nitrogens with zero attached hydrogens (tertiary/aromatic N) is 2. The SMILES string of the molecule is CCOC(=O)C1=C(C)N=c2s/c(=C\c3cccc(O)c3)c(=O)n2[C@H]1c1ccc(Br)cc1. The third kappa shape index (κ3) is 4.13. The zero-order valence-electron chi connectivity index (χ0n) is 16.8. The molecular weight excluding hydrogens is 480 g/mol. The van der Waals surface area contributed by atoms with E-state index >= 15 is 0 Å². The minimum absolute atomic E-state index is 0.120. The zero-order chi connectivity index (χ0) is 22.1. The van der Waals surface area contributed by atoms with E-state index < -0.39 is 12.0 Å². The highest BCUT2D eigenvalue weighted by molar-refractivity contribution is 9.10. The molecule has 3 aromatic rings. The van der Waals surface area contributed by atoms with Crippen LogP contribution in [0.5, 0.6) is 5.75 Å². The lowest BCUT2D eigenvalue weighted by molar-refractivity contribution is -0.139. The van der Waals surface area contributed by atoms with Crippen molar-refractivity contribution in [1.29, 1.82) is 0 Å². The van der Waals surface area contributed by atoms with Crippen LogP contribution in [0.1, 0.15) is 31.0 Å². The van der Waals surface area contributed by atoms with Gasteiger partial charge in [-0.25, -0.2) is 9.79 Å². The van der Waals surface area contributed by atoms with Crippen molar-refractivity contribution in [2.24, 2.45) is 4.99 Å². The first-order chi connectivity index (χ1) is 14.9. The Hall–Kier alpha value is -2.97. The van der Waals surface area contributed by atoms with Gasteiger partial charge in [0.25, 0.3) is 5.56 Å². The number of rotatable bonds is 4. The Morgan fingerprint density at radius 1 is 1.29 bits per heavy atom. The van der Waals surface area contributed by atoms with Gasteiger partial charge in [-0.15, -0.1) is 0 Å². The molecule has 1 aliphatic heterocycles. The number of carbonyl (C=O) groups is 1. The Bertz CT molecular complexity index is 1370. The van der Waals surface area contributed by atoms with Crippen LogP contribution < -0.4 is 14.9 Å². The number of hydrogen-bond acceptors (Lipinski definition) is 6. The molecule has 8 heteroatoms. The van der Waals surface area contributed by atoms with E-state index in [0.717, 1.165) is 10.0 Å². The number of phenolic OH excluding ortho intramolecular Hbond substituents is 1. The fourth-order valence-electron chi connectivity index (χ4n) is 3.52. The molecule has 1 atom stereocenters. The second kappa shape index (κ2) is 8.64. The molecule has 0 spiro atoms. The van der Waals surface area contributed by atoms with E-state index in [4.69, 9.17) is 4.74 Å². The number of carbonyl (C=O) groups excluding carboxylic acids is 1.